The molecule has 0 N–H and O–H groups in total. The molecule has 0 saturated heterocycles. The van der Waals surface area contributed by atoms with E-state index >= 15 is 0 Å². The van der Waals surface area contributed by atoms with Gasteiger partial charge >= 0.3 is 0 Å². The Hall–Kier alpha value is -2.84. The first kappa shape index (κ1) is 16.0. The number of hydrogen-bond acceptors (Lipinski definition) is 2. The lowest BCUT2D eigenvalue weighted by Crippen LogP contribution is -2.17. The zero-order valence-corrected chi connectivity index (χ0v) is 14.2. The van der Waals surface area contributed by atoms with Crippen molar-refractivity contribution in [1.29, 1.82) is 0 Å². The molecule has 3 aromatic rings. The second kappa shape index (κ2) is 6.34. The highest BCUT2D eigenvalue weighted by Crippen LogP contribution is 2.28. The topological polar surface area (TPSA) is 21.1 Å². The Labute approximate surface area is 141 Å². The highest BCUT2D eigenvalue weighted by atomic mass is 19.1. The lowest BCUT2D eigenvalue weighted by molar-refractivity contribution is 0.627. The number of aryl methyl sites for hydroxylation is 1. The standard InChI is InChI=1S/C20H20FN3/c1-5-12-24-15(3)14(2)18-10-11-22-19(20(18)24)13-23(4)17-8-6-16(21)7-9-17/h6-12H,1,13H2,2-4H3. The second-order valence-corrected chi connectivity index (χ2v) is 5.90. The second-order valence-electron chi connectivity index (χ2n) is 5.90. The van der Waals surface area contributed by atoms with Crippen LogP contribution in [0.3, 0.4) is 0 Å². The van der Waals surface area contributed by atoms with Gasteiger partial charge in [-0.15, -0.1) is 5.73 Å². The predicted octanol–water partition coefficient (Wildman–Crippen LogP) is 4.68. The van der Waals surface area contributed by atoms with Crippen LogP contribution in [0.5, 0.6) is 0 Å². The highest BCUT2D eigenvalue weighted by molar-refractivity contribution is 5.88. The third-order valence-corrected chi connectivity index (χ3v) is 4.42. The van der Waals surface area contributed by atoms with Crippen molar-refractivity contribution in [2.75, 3.05) is 11.9 Å². The fourth-order valence-electron chi connectivity index (χ4n) is 2.99. The smallest absolute Gasteiger partial charge is 0.123 e. The van der Waals surface area contributed by atoms with Gasteiger partial charge in [-0.05, 0) is 49.7 Å². The van der Waals surface area contributed by atoms with Crippen molar-refractivity contribution < 1.29 is 4.39 Å². The molecule has 0 spiro atoms. The minimum Gasteiger partial charge on any atom is -0.369 e. The van der Waals surface area contributed by atoms with Gasteiger partial charge in [0.1, 0.15) is 5.82 Å². The van der Waals surface area contributed by atoms with Crippen LogP contribution < -0.4 is 4.90 Å². The summed E-state index contributed by atoms with van der Waals surface area (Å²) in [6.45, 7) is 8.50. The zero-order valence-electron chi connectivity index (χ0n) is 14.2. The van der Waals surface area contributed by atoms with Gasteiger partial charge in [0.25, 0.3) is 0 Å². The lowest BCUT2D eigenvalue weighted by Gasteiger charge is -2.19. The third-order valence-electron chi connectivity index (χ3n) is 4.42. The molecule has 1 aromatic carbocycles. The Kier molecular flexibility index (Phi) is 4.24. The Balaban J connectivity index is 2.08. The van der Waals surface area contributed by atoms with Crippen LogP contribution in [0.25, 0.3) is 17.1 Å². The van der Waals surface area contributed by atoms with Gasteiger partial charge in [0.15, 0.2) is 0 Å². The molecule has 3 rings (SSSR count). The molecule has 122 valence electrons. The quantitative estimate of drug-likeness (QED) is 0.650. The first-order chi connectivity index (χ1) is 11.5. The summed E-state index contributed by atoms with van der Waals surface area (Å²) in [7, 11) is 1.98. The van der Waals surface area contributed by atoms with Gasteiger partial charge < -0.3 is 9.47 Å². The summed E-state index contributed by atoms with van der Waals surface area (Å²) >= 11 is 0. The van der Waals surface area contributed by atoms with E-state index in [1.165, 1.54) is 23.1 Å². The monoisotopic (exact) mass is 321 g/mol. The molecule has 3 nitrogen and oxygen atoms in total. The van der Waals surface area contributed by atoms with E-state index in [2.05, 4.69) is 40.6 Å². The number of aromatic nitrogens is 2. The molecule has 0 aliphatic rings. The number of halogens is 1. The number of fused-ring (bicyclic) bond motifs is 1. The first-order valence-electron chi connectivity index (χ1n) is 7.80. The molecule has 24 heavy (non-hydrogen) atoms. The summed E-state index contributed by atoms with van der Waals surface area (Å²) in [5, 5.41) is 1.18. The molecule has 0 atom stereocenters. The van der Waals surface area contributed by atoms with Gasteiger partial charge in [-0.25, -0.2) is 4.39 Å². The predicted molar refractivity (Wildman–Crippen MR) is 97.6 cm³/mol. The molecule has 2 heterocycles. The maximum Gasteiger partial charge on any atom is 0.123 e. The molecule has 0 bridgehead atoms. The Bertz CT molecular complexity index is 932. The van der Waals surface area contributed by atoms with E-state index < -0.39 is 0 Å². The van der Waals surface area contributed by atoms with Crippen LogP contribution in [0.1, 0.15) is 17.0 Å². The van der Waals surface area contributed by atoms with Gasteiger partial charge in [0.2, 0.25) is 0 Å². The number of hydrogen-bond donors (Lipinski definition) is 0. The average molecular weight is 321 g/mol. The van der Waals surface area contributed by atoms with Crippen LogP contribution in [-0.2, 0) is 6.54 Å². The van der Waals surface area contributed by atoms with Gasteiger partial charge in [0, 0.05) is 30.0 Å². The van der Waals surface area contributed by atoms with Crippen molar-refractivity contribution in [3.63, 3.8) is 0 Å². The summed E-state index contributed by atoms with van der Waals surface area (Å²) in [6, 6.07) is 8.52. The largest absolute Gasteiger partial charge is 0.369 e. The van der Waals surface area contributed by atoms with E-state index in [1.54, 1.807) is 12.1 Å². The molecule has 0 saturated carbocycles. The number of anilines is 1. The summed E-state index contributed by atoms with van der Waals surface area (Å²) in [5.74, 6) is -0.233. The van der Waals surface area contributed by atoms with Crippen LogP contribution in [0.2, 0.25) is 0 Å². The van der Waals surface area contributed by atoms with Crippen molar-refractivity contribution in [1.82, 2.24) is 9.55 Å². The summed E-state index contributed by atoms with van der Waals surface area (Å²) in [5.41, 5.74) is 8.21. The average Bonchev–Trinajstić information content (AvgIpc) is 2.82. The van der Waals surface area contributed by atoms with Gasteiger partial charge in [-0.3, -0.25) is 4.98 Å². The van der Waals surface area contributed by atoms with Crippen molar-refractivity contribution in [3.8, 4) is 0 Å². The molecule has 2 aromatic heterocycles. The summed E-state index contributed by atoms with van der Waals surface area (Å²) < 4.78 is 15.2. The minimum absolute atomic E-state index is 0.233. The number of pyridine rings is 1. The van der Waals surface area contributed by atoms with Crippen LogP contribution in [0, 0.1) is 19.7 Å². The van der Waals surface area contributed by atoms with Crippen molar-refractivity contribution in [2.45, 2.75) is 20.4 Å². The van der Waals surface area contributed by atoms with E-state index in [-0.39, 0.29) is 5.82 Å². The van der Waals surface area contributed by atoms with Crippen LogP contribution in [0.4, 0.5) is 10.1 Å². The van der Waals surface area contributed by atoms with Crippen molar-refractivity contribution in [3.05, 3.63) is 71.6 Å². The highest BCUT2D eigenvalue weighted by Gasteiger charge is 2.15. The molecule has 0 radical (unpaired) electrons. The normalized spacial score (nSPS) is 10.7. The Morgan fingerprint density at radius 3 is 2.62 bits per heavy atom. The van der Waals surface area contributed by atoms with E-state index in [1.807, 2.05) is 25.5 Å². The number of nitrogens with zero attached hydrogens (tertiary/aromatic N) is 3. The molecule has 0 aliphatic carbocycles. The lowest BCUT2D eigenvalue weighted by atomic mass is 10.1. The Morgan fingerprint density at radius 2 is 1.96 bits per heavy atom. The fourth-order valence-corrected chi connectivity index (χ4v) is 2.99. The van der Waals surface area contributed by atoms with Crippen LogP contribution in [-0.4, -0.2) is 16.6 Å². The van der Waals surface area contributed by atoms with Gasteiger partial charge in [0.05, 0.1) is 24.0 Å². The van der Waals surface area contributed by atoms with Gasteiger partial charge in [-0.2, -0.15) is 0 Å². The Morgan fingerprint density at radius 1 is 1.25 bits per heavy atom. The SMILES string of the molecule is C=C=Cn1c(C)c(C)c2ccnc(CN(C)c3ccc(F)cc3)c21. The summed E-state index contributed by atoms with van der Waals surface area (Å²) in [6.07, 6.45) is 3.68. The van der Waals surface area contributed by atoms with Crippen molar-refractivity contribution >= 4 is 22.8 Å². The number of benzene rings is 1. The van der Waals surface area contributed by atoms with Crippen molar-refractivity contribution in [2.24, 2.45) is 0 Å². The minimum atomic E-state index is -0.233. The van der Waals surface area contributed by atoms with Gasteiger partial charge in [-0.1, -0.05) is 6.58 Å². The van der Waals surface area contributed by atoms with E-state index in [4.69, 9.17) is 0 Å². The fraction of sp³-hybridized carbons (Fsp3) is 0.200. The maximum atomic E-state index is 13.1. The molecule has 0 amide bonds. The summed E-state index contributed by atoms with van der Waals surface area (Å²) in [4.78, 5) is 6.64. The molecule has 0 fully saturated rings. The third kappa shape index (κ3) is 2.72. The zero-order chi connectivity index (χ0) is 17.3. The molecule has 4 heteroatoms. The molecular formula is C20H20FN3. The maximum absolute atomic E-state index is 13.1. The first-order valence-corrected chi connectivity index (χ1v) is 7.80. The van der Waals surface area contributed by atoms with E-state index in [0.29, 0.717) is 6.54 Å². The molecule has 0 unspecified atom stereocenters. The number of rotatable bonds is 4. The van der Waals surface area contributed by atoms with Crippen LogP contribution in [0.15, 0.2) is 48.8 Å². The molecular weight excluding hydrogens is 301 g/mol. The van der Waals surface area contributed by atoms with Crippen LogP contribution >= 0.6 is 0 Å². The van der Waals surface area contributed by atoms with E-state index in [9.17, 15) is 4.39 Å². The molecule has 0 aliphatic heterocycles. The van der Waals surface area contributed by atoms with E-state index in [0.717, 1.165) is 22.6 Å².